The van der Waals surface area contributed by atoms with Crippen molar-refractivity contribution in [1.29, 1.82) is 0 Å². The first-order chi connectivity index (χ1) is 11.6. The molecule has 0 spiro atoms. The third-order valence-electron chi connectivity index (χ3n) is 4.57. The number of carbonyl (C=O) groups is 1. The summed E-state index contributed by atoms with van der Waals surface area (Å²) in [4.78, 5) is 28.7. The van der Waals surface area contributed by atoms with Crippen LogP contribution in [0.25, 0.3) is 0 Å². The van der Waals surface area contributed by atoms with Gasteiger partial charge in [0.25, 0.3) is 5.69 Å². The van der Waals surface area contributed by atoms with Crippen molar-refractivity contribution in [3.8, 4) is 0 Å². The van der Waals surface area contributed by atoms with Gasteiger partial charge in [-0.25, -0.2) is 4.79 Å². The average Bonchev–Trinajstić information content (AvgIpc) is 2.82. The summed E-state index contributed by atoms with van der Waals surface area (Å²) in [6.07, 6.45) is 1.63. The number of aliphatic imine (C=N–C) groups is 1. The van der Waals surface area contributed by atoms with Crippen molar-refractivity contribution in [2.24, 2.45) is 4.99 Å². The van der Waals surface area contributed by atoms with E-state index >= 15 is 0 Å². The van der Waals surface area contributed by atoms with Crippen LogP contribution >= 0.6 is 24.0 Å². The lowest BCUT2D eigenvalue weighted by Gasteiger charge is -2.51. The second-order valence-electron chi connectivity index (χ2n) is 6.78. The molecule has 0 radical (unpaired) electrons. The van der Waals surface area contributed by atoms with Gasteiger partial charge in [0.15, 0.2) is 0 Å². The molecule has 7 nitrogen and oxygen atoms in total. The van der Waals surface area contributed by atoms with Crippen LogP contribution in [0.5, 0.6) is 0 Å². The number of aliphatic carboxylic acids is 1. The summed E-state index contributed by atoms with van der Waals surface area (Å²) in [5, 5.41) is 20.1. The van der Waals surface area contributed by atoms with Gasteiger partial charge < -0.3 is 10.0 Å². The van der Waals surface area contributed by atoms with Gasteiger partial charge in [-0.3, -0.25) is 15.1 Å². The molecular formula is C16H17N3O4S2. The van der Waals surface area contributed by atoms with E-state index in [0.29, 0.717) is 4.99 Å². The Morgan fingerprint density at radius 2 is 2.00 bits per heavy atom. The quantitative estimate of drug-likeness (QED) is 0.372. The van der Waals surface area contributed by atoms with Gasteiger partial charge in [-0.15, -0.1) is 11.8 Å². The Hall–Kier alpha value is -2.00. The van der Waals surface area contributed by atoms with Crippen molar-refractivity contribution in [3.05, 3.63) is 39.9 Å². The Kier molecular flexibility index (Phi) is 4.11. The fourth-order valence-electron chi connectivity index (χ4n) is 3.22. The number of rotatable bonds is 4. The summed E-state index contributed by atoms with van der Waals surface area (Å²) < 4.78 is -0.471. The van der Waals surface area contributed by atoms with Crippen LogP contribution in [0.15, 0.2) is 29.3 Å². The van der Waals surface area contributed by atoms with Gasteiger partial charge in [0, 0.05) is 23.1 Å². The zero-order chi connectivity index (χ0) is 18.6. The first-order valence-corrected chi connectivity index (χ1v) is 8.90. The van der Waals surface area contributed by atoms with Gasteiger partial charge >= 0.3 is 5.97 Å². The fraction of sp³-hybridized carbons (Fsp3) is 0.438. The van der Waals surface area contributed by atoms with Gasteiger partial charge in [-0.05, 0) is 38.5 Å². The molecule has 25 heavy (non-hydrogen) atoms. The second kappa shape index (κ2) is 5.77. The lowest BCUT2D eigenvalue weighted by molar-refractivity contribution is -0.384. The van der Waals surface area contributed by atoms with E-state index in [2.05, 4.69) is 4.99 Å². The summed E-state index contributed by atoms with van der Waals surface area (Å²) in [6.45, 7) is 5.70. The SMILES string of the molecule is CC1(C)S[C@H]2N(C(=S)C2(C)N=Cc2ccc([N+](=O)[O-])cc2)[C@H]1C(=O)O. The molecule has 0 saturated carbocycles. The van der Waals surface area contributed by atoms with Crippen molar-refractivity contribution >= 4 is 46.8 Å². The molecule has 2 heterocycles. The van der Waals surface area contributed by atoms with Crippen molar-refractivity contribution in [2.45, 2.75) is 42.5 Å². The number of thioether (sulfide) groups is 1. The molecule has 0 aliphatic carbocycles. The van der Waals surface area contributed by atoms with E-state index < -0.39 is 27.2 Å². The molecule has 3 atom stereocenters. The Labute approximate surface area is 154 Å². The molecule has 2 aliphatic heterocycles. The predicted molar refractivity (Wildman–Crippen MR) is 100 cm³/mol. The van der Waals surface area contributed by atoms with E-state index in [4.69, 9.17) is 12.2 Å². The van der Waals surface area contributed by atoms with Crippen LogP contribution in [-0.4, -0.2) is 53.8 Å². The Bertz CT molecular complexity index is 793. The smallest absolute Gasteiger partial charge is 0.327 e. The number of hydrogen-bond donors (Lipinski definition) is 1. The van der Waals surface area contributed by atoms with Gasteiger partial charge in [-0.2, -0.15) is 0 Å². The lowest BCUT2D eigenvalue weighted by atomic mass is 9.87. The fourth-order valence-corrected chi connectivity index (χ4v) is 5.39. The monoisotopic (exact) mass is 379 g/mol. The largest absolute Gasteiger partial charge is 0.480 e. The molecular weight excluding hydrogens is 362 g/mol. The Balaban J connectivity index is 1.83. The number of nitrogens with zero attached hydrogens (tertiary/aromatic N) is 3. The maximum Gasteiger partial charge on any atom is 0.327 e. The van der Waals surface area contributed by atoms with E-state index in [9.17, 15) is 20.0 Å². The molecule has 2 saturated heterocycles. The van der Waals surface area contributed by atoms with Crippen molar-refractivity contribution in [2.75, 3.05) is 0 Å². The minimum atomic E-state index is -0.885. The molecule has 0 bridgehead atoms. The van der Waals surface area contributed by atoms with Crippen LogP contribution in [0.4, 0.5) is 5.69 Å². The molecule has 3 rings (SSSR count). The van der Waals surface area contributed by atoms with Crippen LogP contribution in [0.2, 0.25) is 0 Å². The molecule has 1 aromatic rings. The molecule has 9 heteroatoms. The first kappa shape index (κ1) is 17.8. The van der Waals surface area contributed by atoms with Gasteiger partial charge in [-0.1, -0.05) is 12.2 Å². The summed E-state index contributed by atoms with van der Waals surface area (Å²) in [5.74, 6) is -0.885. The van der Waals surface area contributed by atoms with Crippen molar-refractivity contribution in [1.82, 2.24) is 4.90 Å². The van der Waals surface area contributed by atoms with Gasteiger partial charge in [0.2, 0.25) is 0 Å². The maximum atomic E-state index is 11.6. The molecule has 1 N–H and O–H groups in total. The normalized spacial score (nSPS) is 30.2. The highest BCUT2D eigenvalue weighted by atomic mass is 32.2. The number of hydrogen-bond acceptors (Lipinski definition) is 6. The van der Waals surface area contributed by atoms with Gasteiger partial charge in [0.05, 0.1) is 4.92 Å². The number of fused-ring (bicyclic) bond motifs is 1. The van der Waals surface area contributed by atoms with Crippen LogP contribution < -0.4 is 0 Å². The van der Waals surface area contributed by atoms with E-state index in [0.717, 1.165) is 5.56 Å². The first-order valence-electron chi connectivity index (χ1n) is 7.61. The number of thiocarbonyl (C=S) groups is 1. The minimum absolute atomic E-state index is 0.0195. The molecule has 0 aromatic heterocycles. The highest BCUT2D eigenvalue weighted by molar-refractivity contribution is 8.02. The van der Waals surface area contributed by atoms with E-state index in [1.165, 1.54) is 12.1 Å². The lowest BCUT2D eigenvalue weighted by Crippen LogP contribution is -2.70. The molecule has 1 unspecified atom stereocenters. The van der Waals surface area contributed by atoms with Crippen LogP contribution in [0, 0.1) is 10.1 Å². The third kappa shape index (κ3) is 2.71. The molecule has 2 aliphatic rings. The van der Waals surface area contributed by atoms with E-state index in [1.807, 2.05) is 20.8 Å². The number of carboxylic acid groups (broad SMARTS) is 1. The second-order valence-corrected chi connectivity index (χ2v) is 8.90. The number of non-ortho nitro benzene ring substituents is 1. The molecule has 2 fully saturated rings. The topological polar surface area (TPSA) is 96.0 Å². The number of carboxylic acids is 1. The average molecular weight is 379 g/mol. The van der Waals surface area contributed by atoms with Crippen molar-refractivity contribution < 1.29 is 14.8 Å². The summed E-state index contributed by atoms with van der Waals surface area (Å²) in [7, 11) is 0. The third-order valence-corrected chi connectivity index (χ3v) is 6.94. The predicted octanol–water partition coefficient (Wildman–Crippen LogP) is 2.72. The van der Waals surface area contributed by atoms with Crippen LogP contribution in [0.1, 0.15) is 26.3 Å². The number of nitro benzene ring substituents is 1. The highest BCUT2D eigenvalue weighted by Gasteiger charge is 2.67. The van der Waals surface area contributed by atoms with Crippen LogP contribution in [0.3, 0.4) is 0 Å². The zero-order valence-electron chi connectivity index (χ0n) is 13.9. The van der Waals surface area contributed by atoms with Crippen molar-refractivity contribution in [3.63, 3.8) is 0 Å². The number of benzene rings is 1. The number of nitro groups is 1. The molecule has 1 aromatic carbocycles. The summed E-state index contributed by atoms with van der Waals surface area (Å²) >= 11 is 7.03. The molecule has 132 valence electrons. The Morgan fingerprint density at radius 3 is 2.52 bits per heavy atom. The van der Waals surface area contributed by atoms with E-state index in [-0.39, 0.29) is 11.1 Å². The van der Waals surface area contributed by atoms with Crippen LogP contribution in [-0.2, 0) is 4.79 Å². The maximum absolute atomic E-state index is 11.6. The summed E-state index contributed by atoms with van der Waals surface area (Å²) in [5.41, 5.74) is 0.0830. The Morgan fingerprint density at radius 1 is 1.40 bits per heavy atom. The highest BCUT2D eigenvalue weighted by Crippen LogP contribution is 2.56. The minimum Gasteiger partial charge on any atom is -0.480 e. The zero-order valence-corrected chi connectivity index (χ0v) is 15.5. The summed E-state index contributed by atoms with van der Waals surface area (Å²) in [6, 6.07) is 5.41. The van der Waals surface area contributed by atoms with Gasteiger partial charge in [0.1, 0.15) is 21.9 Å². The standard InChI is InChI=1S/C16H17N3O4S2/c1-15(2)11(12(20)21)18-13(24)16(3,14(18)25-15)17-8-9-4-6-10(7-5-9)19(22)23/h4-8,11,14H,1-3H3,(H,20,21)/t11-,14+,16?/m0/s1. The van der Waals surface area contributed by atoms with E-state index in [1.54, 1.807) is 35.0 Å². The molecule has 0 amide bonds.